The minimum Gasteiger partial charge on any atom is -0.446 e. The van der Waals surface area contributed by atoms with Crippen molar-refractivity contribution >= 4 is 23.8 Å². The van der Waals surface area contributed by atoms with E-state index in [0.717, 1.165) is 17.5 Å². The van der Waals surface area contributed by atoms with Crippen LogP contribution in [0.5, 0.6) is 0 Å². The summed E-state index contributed by atoms with van der Waals surface area (Å²) < 4.78 is 5.51. The predicted octanol–water partition coefficient (Wildman–Crippen LogP) is 1.86. The van der Waals surface area contributed by atoms with Crippen LogP contribution >= 0.6 is 0 Å². The topological polar surface area (TPSA) is 105 Å². The molecule has 2 N–H and O–H groups in total. The molecule has 1 aromatic rings. The molecule has 158 valence electrons. The Kier molecular flexibility index (Phi) is 4.34. The number of nitrogens with one attached hydrogen (secondary N) is 2. The SMILES string of the molecule is C[C@@H](OC(=O)NCc1ccc2c(c1)C(=O)N(C1CCC(=O)NC1=O)C2)C1CC12CC2. The number of alkyl carbamates (subject to hydrolysis) is 1. The van der Waals surface area contributed by atoms with E-state index in [1.54, 1.807) is 6.07 Å². The Bertz CT molecular complexity index is 954. The highest BCUT2D eigenvalue weighted by atomic mass is 16.6. The van der Waals surface area contributed by atoms with Gasteiger partial charge in [0.1, 0.15) is 12.1 Å². The van der Waals surface area contributed by atoms with Crippen molar-refractivity contribution in [2.45, 2.75) is 64.3 Å². The molecule has 2 unspecified atom stereocenters. The van der Waals surface area contributed by atoms with Crippen LogP contribution in [0.1, 0.15) is 60.5 Å². The molecule has 0 radical (unpaired) electrons. The minimum atomic E-state index is -0.627. The summed E-state index contributed by atoms with van der Waals surface area (Å²) >= 11 is 0. The molecule has 30 heavy (non-hydrogen) atoms. The summed E-state index contributed by atoms with van der Waals surface area (Å²) in [4.78, 5) is 50.0. The zero-order valence-electron chi connectivity index (χ0n) is 16.9. The van der Waals surface area contributed by atoms with E-state index in [9.17, 15) is 19.2 Å². The monoisotopic (exact) mass is 411 g/mol. The number of fused-ring (bicyclic) bond motifs is 1. The number of hydrogen-bond acceptors (Lipinski definition) is 5. The van der Waals surface area contributed by atoms with E-state index in [4.69, 9.17) is 4.74 Å². The van der Waals surface area contributed by atoms with Gasteiger partial charge in [0.25, 0.3) is 5.91 Å². The van der Waals surface area contributed by atoms with Crippen LogP contribution in [0, 0.1) is 11.3 Å². The maximum absolute atomic E-state index is 12.9. The van der Waals surface area contributed by atoms with E-state index in [1.807, 2.05) is 19.1 Å². The van der Waals surface area contributed by atoms with Gasteiger partial charge in [0, 0.05) is 31.0 Å². The van der Waals surface area contributed by atoms with Crippen LogP contribution in [0.2, 0.25) is 0 Å². The van der Waals surface area contributed by atoms with Gasteiger partial charge in [0.2, 0.25) is 11.8 Å². The van der Waals surface area contributed by atoms with Crippen molar-refractivity contribution in [1.29, 1.82) is 0 Å². The first-order valence-electron chi connectivity index (χ1n) is 10.6. The number of carbonyl (C=O) groups excluding carboxylic acids is 4. The summed E-state index contributed by atoms with van der Waals surface area (Å²) in [7, 11) is 0. The van der Waals surface area contributed by atoms with Crippen molar-refractivity contribution in [3.8, 4) is 0 Å². The highest BCUT2D eigenvalue weighted by Gasteiger charge is 2.65. The van der Waals surface area contributed by atoms with Gasteiger partial charge in [-0.3, -0.25) is 19.7 Å². The fourth-order valence-electron chi connectivity index (χ4n) is 4.96. The van der Waals surface area contributed by atoms with Crippen molar-refractivity contribution in [2.24, 2.45) is 11.3 Å². The molecular formula is C22H25N3O5. The third kappa shape index (κ3) is 3.34. The number of hydrogen-bond donors (Lipinski definition) is 2. The second-order valence-electron chi connectivity index (χ2n) is 9.03. The highest BCUT2D eigenvalue weighted by Crippen LogP contribution is 2.71. The number of piperidine rings is 1. The van der Waals surface area contributed by atoms with Crippen LogP contribution in [0.15, 0.2) is 18.2 Å². The first-order chi connectivity index (χ1) is 14.4. The van der Waals surface area contributed by atoms with Crippen LogP contribution in [0.4, 0.5) is 4.79 Å². The first-order valence-corrected chi connectivity index (χ1v) is 10.6. The second-order valence-corrected chi connectivity index (χ2v) is 9.03. The van der Waals surface area contributed by atoms with Gasteiger partial charge in [-0.1, -0.05) is 12.1 Å². The van der Waals surface area contributed by atoms with E-state index < -0.39 is 18.0 Å². The molecule has 0 aromatic heterocycles. The van der Waals surface area contributed by atoms with Crippen LogP contribution < -0.4 is 10.6 Å². The third-order valence-electron chi connectivity index (χ3n) is 7.03. The van der Waals surface area contributed by atoms with Crippen LogP contribution in [0.3, 0.4) is 0 Å². The summed E-state index contributed by atoms with van der Waals surface area (Å²) in [6.07, 6.45) is 3.73. The lowest BCUT2D eigenvalue weighted by atomic mass is 10.0. The molecule has 1 saturated heterocycles. The smallest absolute Gasteiger partial charge is 0.407 e. The molecule has 8 heteroatoms. The van der Waals surface area contributed by atoms with E-state index in [1.165, 1.54) is 17.7 Å². The van der Waals surface area contributed by atoms with Gasteiger partial charge in [0.15, 0.2) is 0 Å². The Morgan fingerprint density at radius 3 is 2.83 bits per heavy atom. The van der Waals surface area contributed by atoms with Crippen molar-refractivity contribution in [3.05, 3.63) is 34.9 Å². The Morgan fingerprint density at radius 1 is 1.33 bits per heavy atom. The van der Waals surface area contributed by atoms with Gasteiger partial charge in [-0.15, -0.1) is 0 Å². The summed E-state index contributed by atoms with van der Waals surface area (Å²) in [5.41, 5.74) is 2.65. The van der Waals surface area contributed by atoms with Gasteiger partial charge in [0.05, 0.1) is 0 Å². The van der Waals surface area contributed by atoms with Gasteiger partial charge in [-0.25, -0.2) is 4.79 Å². The Balaban J connectivity index is 1.18. The number of benzene rings is 1. The van der Waals surface area contributed by atoms with E-state index >= 15 is 0 Å². The van der Waals surface area contributed by atoms with E-state index in [-0.39, 0.29) is 30.9 Å². The lowest BCUT2D eigenvalue weighted by Crippen LogP contribution is -2.52. The molecular weight excluding hydrogens is 386 g/mol. The molecule has 8 nitrogen and oxygen atoms in total. The molecule has 2 aliphatic heterocycles. The molecule has 2 saturated carbocycles. The molecule has 2 heterocycles. The molecule has 1 spiro atoms. The standard InChI is InChI=1S/C22H25N3O5/c1-12(16-9-22(16)6-7-22)30-21(29)23-10-13-2-3-14-11-25(20(28)15(14)8-13)17-4-5-18(26)24-19(17)27/h2-3,8,12,16-17H,4-7,9-11H2,1H3,(H,23,29)(H,24,26,27)/t12-,16?,17?/m1/s1. The Morgan fingerprint density at radius 2 is 2.13 bits per heavy atom. The molecule has 2 aliphatic carbocycles. The average molecular weight is 411 g/mol. The van der Waals surface area contributed by atoms with Crippen LogP contribution in [-0.2, 0) is 27.4 Å². The fourth-order valence-corrected chi connectivity index (χ4v) is 4.96. The zero-order chi connectivity index (χ0) is 21.0. The van der Waals surface area contributed by atoms with Crippen LogP contribution in [0.25, 0.3) is 0 Å². The summed E-state index contributed by atoms with van der Waals surface area (Å²) in [5, 5.41) is 5.07. The lowest BCUT2D eigenvalue weighted by molar-refractivity contribution is -0.136. The van der Waals surface area contributed by atoms with Gasteiger partial charge in [-0.2, -0.15) is 0 Å². The normalized spacial score (nSPS) is 26.8. The minimum absolute atomic E-state index is 0.0730. The Hall–Kier alpha value is -2.90. The molecule has 1 aromatic carbocycles. The number of imide groups is 1. The number of nitrogens with zero attached hydrogens (tertiary/aromatic N) is 1. The van der Waals surface area contributed by atoms with Crippen molar-refractivity contribution in [1.82, 2.24) is 15.5 Å². The molecule has 3 atom stereocenters. The molecule has 5 rings (SSSR count). The summed E-state index contributed by atoms with van der Waals surface area (Å²) in [5.74, 6) is -0.445. The number of amides is 4. The Labute approximate surface area is 174 Å². The van der Waals surface area contributed by atoms with Gasteiger partial charge >= 0.3 is 6.09 Å². The summed E-state index contributed by atoms with van der Waals surface area (Å²) in [6.45, 7) is 2.56. The first kappa shape index (κ1) is 19.1. The highest BCUT2D eigenvalue weighted by molar-refractivity contribution is 6.05. The largest absolute Gasteiger partial charge is 0.446 e. The maximum Gasteiger partial charge on any atom is 0.407 e. The average Bonchev–Trinajstić information content (AvgIpc) is 3.62. The quantitative estimate of drug-likeness (QED) is 0.720. The zero-order valence-corrected chi connectivity index (χ0v) is 16.9. The van der Waals surface area contributed by atoms with Crippen molar-refractivity contribution in [2.75, 3.05) is 0 Å². The van der Waals surface area contributed by atoms with Crippen LogP contribution in [-0.4, -0.2) is 40.9 Å². The van der Waals surface area contributed by atoms with Gasteiger partial charge < -0.3 is 15.0 Å². The number of carbonyl (C=O) groups is 4. The lowest BCUT2D eigenvalue weighted by Gasteiger charge is -2.29. The van der Waals surface area contributed by atoms with Gasteiger partial charge in [-0.05, 0) is 55.2 Å². The summed E-state index contributed by atoms with van der Waals surface area (Å²) in [6, 6.07) is 4.85. The van der Waals surface area contributed by atoms with E-state index in [0.29, 0.717) is 29.9 Å². The molecule has 3 fully saturated rings. The fraction of sp³-hybridized carbons (Fsp3) is 0.545. The number of ether oxygens (including phenoxy) is 1. The maximum atomic E-state index is 12.9. The molecule has 4 aliphatic rings. The second kappa shape index (κ2) is 6.82. The van der Waals surface area contributed by atoms with Crippen molar-refractivity contribution in [3.63, 3.8) is 0 Å². The third-order valence-corrected chi connectivity index (χ3v) is 7.03. The molecule has 0 bridgehead atoms. The van der Waals surface area contributed by atoms with Crippen molar-refractivity contribution < 1.29 is 23.9 Å². The molecule has 4 amide bonds. The van der Waals surface area contributed by atoms with E-state index in [2.05, 4.69) is 10.6 Å². The predicted molar refractivity (Wildman–Crippen MR) is 105 cm³/mol. The number of rotatable bonds is 5.